The predicted molar refractivity (Wildman–Crippen MR) is 30.8 cm³/mol. The lowest BCUT2D eigenvalue weighted by atomic mass is 10.3. The number of hydrogen-bond acceptors (Lipinski definition) is 1. The second-order valence-corrected chi connectivity index (χ2v) is 2.26. The summed E-state index contributed by atoms with van der Waals surface area (Å²) in [6.45, 7) is 3.47. The molecule has 0 aromatic heterocycles. The van der Waals surface area contributed by atoms with Gasteiger partial charge in [-0.1, -0.05) is 0 Å². The van der Waals surface area contributed by atoms with Crippen molar-refractivity contribution >= 4 is 0 Å². The molecule has 0 unspecified atom stereocenters. The molecule has 1 aliphatic heterocycles. The fourth-order valence-corrected chi connectivity index (χ4v) is 0.954. The second kappa shape index (κ2) is 1.83. The minimum absolute atomic E-state index is 1.27. The van der Waals surface area contributed by atoms with E-state index in [9.17, 15) is 0 Å². The number of rotatable bonds is 0. The quantitative estimate of drug-likeness (QED) is 0.441. The van der Waals surface area contributed by atoms with E-state index < -0.39 is 0 Å². The van der Waals surface area contributed by atoms with E-state index in [0.717, 1.165) is 0 Å². The fraction of sp³-hybridized carbons (Fsp3) is 0.833. The molecule has 0 aliphatic carbocycles. The van der Waals surface area contributed by atoms with E-state index in [0.29, 0.717) is 0 Å². The van der Waals surface area contributed by atoms with Crippen LogP contribution < -0.4 is 0 Å². The van der Waals surface area contributed by atoms with Gasteiger partial charge in [-0.15, -0.1) is 0 Å². The van der Waals surface area contributed by atoms with Crippen LogP contribution in [0.1, 0.15) is 19.8 Å². The van der Waals surface area contributed by atoms with Gasteiger partial charge in [0.15, 0.2) is 0 Å². The highest BCUT2D eigenvalue weighted by atomic mass is 15.1. The lowest BCUT2D eigenvalue weighted by Crippen LogP contribution is -2.13. The van der Waals surface area contributed by atoms with Crippen LogP contribution in [0.15, 0.2) is 0 Å². The molecule has 7 heavy (non-hydrogen) atoms. The molecule has 1 saturated heterocycles. The van der Waals surface area contributed by atoms with Gasteiger partial charge in [-0.25, -0.2) is 0 Å². The summed E-state index contributed by atoms with van der Waals surface area (Å²) >= 11 is 0. The predicted octanol–water partition coefficient (Wildman–Crippen LogP) is 1.26. The highest BCUT2D eigenvalue weighted by Gasteiger charge is 2.15. The van der Waals surface area contributed by atoms with Crippen molar-refractivity contribution in [2.75, 3.05) is 13.6 Å². The van der Waals surface area contributed by atoms with Gasteiger partial charge in [0, 0.05) is 6.04 Å². The topological polar surface area (TPSA) is 3.24 Å². The molecule has 41 valence electrons. The van der Waals surface area contributed by atoms with Crippen LogP contribution in [-0.4, -0.2) is 18.5 Å². The molecule has 1 radical (unpaired) electrons. The van der Waals surface area contributed by atoms with Crippen molar-refractivity contribution < 1.29 is 0 Å². The lowest BCUT2D eigenvalue weighted by Gasteiger charge is -2.11. The molecule has 0 aromatic carbocycles. The Bertz CT molecular complexity index is 53.2. The van der Waals surface area contributed by atoms with E-state index in [2.05, 4.69) is 18.9 Å². The first kappa shape index (κ1) is 5.10. The molecule has 1 fully saturated rings. The molecule has 1 heteroatoms. The minimum atomic E-state index is 1.27. The first-order valence-corrected chi connectivity index (χ1v) is 2.84. The summed E-state index contributed by atoms with van der Waals surface area (Å²) < 4.78 is 0. The van der Waals surface area contributed by atoms with Crippen molar-refractivity contribution in [3.63, 3.8) is 0 Å². The van der Waals surface area contributed by atoms with E-state index in [1.165, 1.54) is 19.4 Å². The minimum Gasteiger partial charge on any atom is -0.299 e. The highest BCUT2D eigenvalue weighted by molar-refractivity contribution is 4.88. The monoisotopic (exact) mass is 98.1 g/mol. The van der Waals surface area contributed by atoms with E-state index in [4.69, 9.17) is 0 Å². The molecule has 0 aromatic rings. The molecular formula is C6H12N. The summed E-state index contributed by atoms with van der Waals surface area (Å²) in [5.41, 5.74) is 0. The van der Waals surface area contributed by atoms with E-state index in [1.54, 1.807) is 6.04 Å². The molecule has 0 spiro atoms. The van der Waals surface area contributed by atoms with Gasteiger partial charge in [-0.2, -0.15) is 0 Å². The van der Waals surface area contributed by atoms with Crippen molar-refractivity contribution in [2.24, 2.45) is 0 Å². The molecule has 0 saturated carbocycles. The molecular weight excluding hydrogens is 86.1 g/mol. The van der Waals surface area contributed by atoms with Crippen LogP contribution in [0.2, 0.25) is 0 Å². The Balaban J connectivity index is 2.33. The van der Waals surface area contributed by atoms with Crippen molar-refractivity contribution in [3.05, 3.63) is 6.04 Å². The van der Waals surface area contributed by atoms with Gasteiger partial charge >= 0.3 is 0 Å². The molecule has 0 bridgehead atoms. The second-order valence-electron chi connectivity index (χ2n) is 2.26. The van der Waals surface area contributed by atoms with Crippen LogP contribution >= 0.6 is 0 Å². The summed E-state index contributed by atoms with van der Waals surface area (Å²) in [6.07, 6.45) is 2.68. The SMILES string of the molecule is C[C]1CCCN1C. The molecule has 1 heterocycles. The number of nitrogens with zero attached hydrogens (tertiary/aromatic N) is 1. The van der Waals surface area contributed by atoms with Gasteiger partial charge in [0.1, 0.15) is 0 Å². The Morgan fingerprint density at radius 1 is 1.57 bits per heavy atom. The zero-order chi connectivity index (χ0) is 5.28. The molecule has 0 N–H and O–H groups in total. The molecule has 0 amide bonds. The molecule has 0 atom stereocenters. The van der Waals surface area contributed by atoms with Crippen molar-refractivity contribution in [1.29, 1.82) is 0 Å². The Kier molecular flexibility index (Phi) is 1.33. The van der Waals surface area contributed by atoms with Crippen LogP contribution in [0, 0.1) is 6.04 Å². The Morgan fingerprint density at radius 2 is 2.29 bits per heavy atom. The van der Waals surface area contributed by atoms with Crippen LogP contribution in [0.5, 0.6) is 0 Å². The molecule has 1 nitrogen and oxygen atoms in total. The van der Waals surface area contributed by atoms with Crippen LogP contribution in [-0.2, 0) is 0 Å². The van der Waals surface area contributed by atoms with Crippen molar-refractivity contribution in [1.82, 2.24) is 4.90 Å². The van der Waals surface area contributed by atoms with Crippen molar-refractivity contribution in [3.8, 4) is 0 Å². The third-order valence-electron chi connectivity index (χ3n) is 1.68. The maximum atomic E-state index is 2.32. The van der Waals surface area contributed by atoms with Gasteiger partial charge in [-0.05, 0) is 33.4 Å². The maximum absolute atomic E-state index is 2.32. The van der Waals surface area contributed by atoms with Crippen LogP contribution in [0.25, 0.3) is 0 Å². The van der Waals surface area contributed by atoms with Gasteiger partial charge in [0.25, 0.3) is 0 Å². The average molecular weight is 98.2 g/mol. The van der Waals surface area contributed by atoms with Gasteiger partial charge < -0.3 is 0 Å². The van der Waals surface area contributed by atoms with Crippen LogP contribution in [0.4, 0.5) is 0 Å². The van der Waals surface area contributed by atoms with E-state index in [1.807, 2.05) is 0 Å². The standard InChI is InChI=1S/C6H12N/c1-6-4-3-5-7(6)2/h3-5H2,1-2H3. The lowest BCUT2D eigenvalue weighted by molar-refractivity contribution is 0.419. The average Bonchev–Trinajstić information content (AvgIpc) is 1.91. The Labute approximate surface area is 45.3 Å². The third-order valence-corrected chi connectivity index (χ3v) is 1.68. The summed E-state index contributed by atoms with van der Waals surface area (Å²) in [5, 5.41) is 0. The maximum Gasteiger partial charge on any atom is 0.0359 e. The first-order valence-electron chi connectivity index (χ1n) is 2.84. The van der Waals surface area contributed by atoms with Gasteiger partial charge in [0.05, 0.1) is 0 Å². The smallest absolute Gasteiger partial charge is 0.0359 e. The zero-order valence-electron chi connectivity index (χ0n) is 5.07. The van der Waals surface area contributed by atoms with E-state index >= 15 is 0 Å². The molecule has 1 rings (SSSR count). The largest absolute Gasteiger partial charge is 0.299 e. The summed E-state index contributed by atoms with van der Waals surface area (Å²) in [5.74, 6) is 0. The van der Waals surface area contributed by atoms with Crippen LogP contribution in [0.3, 0.4) is 0 Å². The summed E-state index contributed by atoms with van der Waals surface area (Å²) in [6, 6.07) is 1.54. The normalized spacial score (nSPS) is 26.6. The Morgan fingerprint density at radius 3 is 2.43 bits per heavy atom. The third kappa shape index (κ3) is 0.942. The zero-order valence-corrected chi connectivity index (χ0v) is 5.07. The highest BCUT2D eigenvalue weighted by Crippen LogP contribution is 2.19. The molecule has 1 aliphatic rings. The van der Waals surface area contributed by atoms with E-state index in [-0.39, 0.29) is 0 Å². The number of hydrogen-bond donors (Lipinski definition) is 0. The van der Waals surface area contributed by atoms with Gasteiger partial charge in [0.2, 0.25) is 0 Å². The Hall–Kier alpha value is -0.0400. The fourth-order valence-electron chi connectivity index (χ4n) is 0.954. The summed E-state index contributed by atoms with van der Waals surface area (Å²) in [7, 11) is 2.16. The first-order chi connectivity index (χ1) is 3.30. The summed E-state index contributed by atoms with van der Waals surface area (Å²) in [4.78, 5) is 2.32. The number of likely N-dealkylation sites (tertiary alicyclic amines) is 1. The van der Waals surface area contributed by atoms with Crippen molar-refractivity contribution in [2.45, 2.75) is 19.8 Å². The van der Waals surface area contributed by atoms with Gasteiger partial charge in [-0.3, -0.25) is 4.90 Å².